The summed E-state index contributed by atoms with van der Waals surface area (Å²) in [5.41, 5.74) is -2.26. The summed E-state index contributed by atoms with van der Waals surface area (Å²) in [6, 6.07) is 4.47. The van der Waals surface area contributed by atoms with E-state index >= 15 is 0 Å². The molecule has 1 aromatic heterocycles. The number of benzene rings is 1. The minimum absolute atomic E-state index is 0.0368. The second-order valence-electron chi connectivity index (χ2n) is 5.78. The largest absolute Gasteiger partial charge is 0.435 e. The van der Waals surface area contributed by atoms with Gasteiger partial charge in [0, 0.05) is 25.7 Å². The van der Waals surface area contributed by atoms with E-state index in [2.05, 4.69) is 15.6 Å². The van der Waals surface area contributed by atoms with Gasteiger partial charge in [-0.05, 0) is 25.1 Å². The van der Waals surface area contributed by atoms with Gasteiger partial charge in [0.05, 0.1) is 5.69 Å². The molecule has 1 aliphatic rings. The first kappa shape index (κ1) is 17.3. The zero-order valence-electron chi connectivity index (χ0n) is 13.2. The maximum absolute atomic E-state index is 13.6. The zero-order valence-corrected chi connectivity index (χ0v) is 13.2. The molecule has 1 aliphatic heterocycles. The maximum Gasteiger partial charge on any atom is 0.435 e. The molecule has 1 N–H and O–H groups in total. The van der Waals surface area contributed by atoms with Gasteiger partial charge < -0.3 is 10.2 Å². The highest BCUT2D eigenvalue weighted by atomic mass is 19.4. The molecule has 2 heterocycles. The van der Waals surface area contributed by atoms with Crippen molar-refractivity contribution < 1.29 is 22.4 Å². The molecule has 0 spiro atoms. The fraction of sp³-hybridized carbons (Fsp3) is 0.400. The van der Waals surface area contributed by atoms with Crippen molar-refractivity contribution in [3.8, 4) is 5.69 Å². The molecule has 1 saturated heterocycles. The summed E-state index contributed by atoms with van der Waals surface area (Å²) in [6.07, 6.45) is -4.87. The first-order valence-corrected chi connectivity index (χ1v) is 7.59. The fourth-order valence-electron chi connectivity index (χ4n) is 2.74. The Bertz CT molecular complexity index is 788. The minimum atomic E-state index is -4.87. The van der Waals surface area contributed by atoms with Gasteiger partial charge in [-0.25, -0.2) is 9.07 Å². The Kier molecular flexibility index (Phi) is 4.46. The number of amides is 1. The molecule has 10 heteroatoms. The van der Waals surface area contributed by atoms with Crippen molar-refractivity contribution in [3.63, 3.8) is 0 Å². The van der Waals surface area contributed by atoms with E-state index in [1.165, 1.54) is 17.0 Å². The van der Waals surface area contributed by atoms with E-state index in [-0.39, 0.29) is 24.8 Å². The number of halogens is 4. The molecule has 1 unspecified atom stereocenters. The summed E-state index contributed by atoms with van der Waals surface area (Å²) < 4.78 is 54.5. The van der Waals surface area contributed by atoms with Gasteiger partial charge in [0.2, 0.25) is 0 Å². The Morgan fingerprint density at radius 1 is 1.36 bits per heavy atom. The number of nitrogens with zero attached hydrogens (tertiary/aromatic N) is 4. The van der Waals surface area contributed by atoms with E-state index in [9.17, 15) is 22.4 Å². The Hall–Kier alpha value is -2.49. The van der Waals surface area contributed by atoms with Gasteiger partial charge in [-0.15, -0.1) is 5.10 Å². The lowest BCUT2D eigenvalue weighted by atomic mass is 10.2. The van der Waals surface area contributed by atoms with Crippen molar-refractivity contribution >= 4 is 5.91 Å². The van der Waals surface area contributed by atoms with Gasteiger partial charge in [-0.3, -0.25) is 4.79 Å². The quantitative estimate of drug-likeness (QED) is 0.834. The van der Waals surface area contributed by atoms with Gasteiger partial charge in [0.1, 0.15) is 5.82 Å². The number of carbonyl (C=O) groups excluding carboxylic acids is 1. The first-order chi connectivity index (χ1) is 11.8. The van der Waals surface area contributed by atoms with Gasteiger partial charge in [-0.2, -0.15) is 13.2 Å². The molecular formula is C15H15F4N5O. The number of nitrogens with one attached hydrogen (secondary N) is 1. The molecule has 0 aliphatic carbocycles. The molecule has 0 saturated carbocycles. The van der Waals surface area contributed by atoms with E-state index in [1.807, 2.05) is 6.92 Å². The Balaban J connectivity index is 2.04. The Morgan fingerprint density at radius 3 is 2.76 bits per heavy atom. The van der Waals surface area contributed by atoms with Crippen molar-refractivity contribution in [2.45, 2.75) is 19.1 Å². The molecule has 25 heavy (non-hydrogen) atoms. The third-order valence-corrected chi connectivity index (χ3v) is 3.85. The summed E-state index contributed by atoms with van der Waals surface area (Å²) in [4.78, 5) is 13.8. The van der Waals surface area contributed by atoms with Crippen molar-refractivity contribution in [1.82, 2.24) is 25.2 Å². The van der Waals surface area contributed by atoms with Crippen LogP contribution in [-0.4, -0.2) is 51.5 Å². The smallest absolute Gasteiger partial charge is 0.334 e. The Morgan fingerprint density at radius 2 is 2.12 bits per heavy atom. The van der Waals surface area contributed by atoms with Gasteiger partial charge >= 0.3 is 6.18 Å². The van der Waals surface area contributed by atoms with E-state index in [0.717, 1.165) is 12.1 Å². The number of piperazine rings is 1. The monoisotopic (exact) mass is 357 g/mol. The number of alkyl halides is 3. The standard InChI is InChI=1S/C15H15F4N5O/c1-9-8-23(6-5-20-9)14(25)12-13(15(17,18)19)24(22-21-12)11-4-2-3-10(16)7-11/h2-4,7,9,20H,5-6,8H2,1H3. The lowest BCUT2D eigenvalue weighted by molar-refractivity contribution is -0.143. The summed E-state index contributed by atoms with van der Waals surface area (Å²) in [6.45, 7) is 2.84. The number of hydrogen-bond donors (Lipinski definition) is 1. The lowest BCUT2D eigenvalue weighted by Crippen LogP contribution is -2.51. The molecule has 1 fully saturated rings. The molecule has 1 aromatic carbocycles. The highest BCUT2D eigenvalue weighted by Gasteiger charge is 2.43. The SMILES string of the molecule is CC1CN(C(=O)c2nnn(-c3cccc(F)c3)c2C(F)(F)F)CCN1. The lowest BCUT2D eigenvalue weighted by Gasteiger charge is -2.31. The molecule has 2 aromatic rings. The number of aromatic nitrogens is 3. The van der Waals surface area contributed by atoms with E-state index in [0.29, 0.717) is 11.2 Å². The third kappa shape index (κ3) is 3.48. The van der Waals surface area contributed by atoms with Gasteiger partial charge in [0.25, 0.3) is 5.91 Å². The van der Waals surface area contributed by atoms with Crippen molar-refractivity contribution in [2.75, 3.05) is 19.6 Å². The molecule has 0 bridgehead atoms. The highest BCUT2D eigenvalue weighted by Crippen LogP contribution is 2.33. The fourth-order valence-corrected chi connectivity index (χ4v) is 2.74. The van der Waals surface area contributed by atoms with Crippen LogP contribution in [0.1, 0.15) is 23.1 Å². The molecule has 3 rings (SSSR count). The van der Waals surface area contributed by atoms with Crippen LogP contribution in [0, 0.1) is 5.82 Å². The molecule has 134 valence electrons. The topological polar surface area (TPSA) is 63.1 Å². The molecule has 1 amide bonds. The molecule has 0 radical (unpaired) electrons. The summed E-state index contributed by atoms with van der Waals surface area (Å²) >= 11 is 0. The number of rotatable bonds is 2. The highest BCUT2D eigenvalue weighted by molar-refractivity contribution is 5.93. The summed E-state index contributed by atoms with van der Waals surface area (Å²) in [5.74, 6) is -1.56. The second-order valence-corrected chi connectivity index (χ2v) is 5.78. The Labute approximate surface area is 140 Å². The van der Waals surface area contributed by atoms with Crippen LogP contribution in [0.3, 0.4) is 0 Å². The van der Waals surface area contributed by atoms with Crippen molar-refractivity contribution in [1.29, 1.82) is 0 Å². The minimum Gasteiger partial charge on any atom is -0.334 e. The van der Waals surface area contributed by atoms with Crippen LogP contribution in [0.15, 0.2) is 24.3 Å². The average molecular weight is 357 g/mol. The maximum atomic E-state index is 13.6. The van der Waals surface area contributed by atoms with Crippen molar-refractivity contribution in [2.24, 2.45) is 0 Å². The van der Waals surface area contributed by atoms with Crippen LogP contribution < -0.4 is 5.32 Å². The molecular weight excluding hydrogens is 342 g/mol. The zero-order chi connectivity index (χ0) is 18.2. The summed E-state index contributed by atoms with van der Waals surface area (Å²) in [5, 5.41) is 9.99. The second kappa shape index (κ2) is 6.43. The van der Waals surface area contributed by atoms with E-state index in [1.54, 1.807) is 0 Å². The van der Waals surface area contributed by atoms with E-state index < -0.39 is 29.3 Å². The van der Waals surface area contributed by atoms with Crippen LogP contribution in [0.2, 0.25) is 0 Å². The average Bonchev–Trinajstić information content (AvgIpc) is 2.99. The van der Waals surface area contributed by atoms with Gasteiger partial charge in [-0.1, -0.05) is 11.3 Å². The van der Waals surface area contributed by atoms with Crippen LogP contribution in [-0.2, 0) is 6.18 Å². The van der Waals surface area contributed by atoms with Crippen LogP contribution in [0.4, 0.5) is 17.6 Å². The van der Waals surface area contributed by atoms with Gasteiger partial charge in [0.15, 0.2) is 11.4 Å². The summed E-state index contributed by atoms with van der Waals surface area (Å²) in [7, 11) is 0. The van der Waals surface area contributed by atoms with E-state index in [4.69, 9.17) is 0 Å². The van der Waals surface area contributed by atoms with Crippen molar-refractivity contribution in [3.05, 3.63) is 41.5 Å². The van der Waals surface area contributed by atoms with Crippen LogP contribution >= 0.6 is 0 Å². The normalized spacial score (nSPS) is 18.4. The van der Waals surface area contributed by atoms with Crippen LogP contribution in [0.5, 0.6) is 0 Å². The predicted octanol–water partition coefficient (Wildman–Crippen LogP) is 1.86. The third-order valence-electron chi connectivity index (χ3n) is 3.85. The predicted molar refractivity (Wildman–Crippen MR) is 79.7 cm³/mol. The molecule has 6 nitrogen and oxygen atoms in total. The first-order valence-electron chi connectivity index (χ1n) is 7.59. The molecule has 1 atom stereocenters. The van der Waals surface area contributed by atoms with Crippen LogP contribution in [0.25, 0.3) is 5.69 Å². The number of hydrogen-bond acceptors (Lipinski definition) is 4. The number of carbonyl (C=O) groups is 1.